The molecule has 0 aromatic carbocycles. The van der Waals surface area contributed by atoms with Crippen molar-refractivity contribution < 1.29 is 14.3 Å². The Bertz CT molecular complexity index is 395. The molecule has 2 N–H and O–H groups in total. The summed E-state index contributed by atoms with van der Waals surface area (Å²) in [5.41, 5.74) is -0.356. The topological polar surface area (TPSA) is 67.4 Å². The third kappa shape index (κ3) is 4.20. The lowest BCUT2D eigenvalue weighted by atomic mass is 9.92. The van der Waals surface area contributed by atoms with Gasteiger partial charge >= 0.3 is 0 Å². The zero-order chi connectivity index (χ0) is 14.8. The standard InChI is InChI=1S/C15H26N2O3/c1-14(2)10-11(6-9-20-14)16-12(18)4-7-15(3)8-5-13(19)17-15/h11H,4-10H2,1-3H3,(H,16,18)(H,17,19). The van der Waals surface area contributed by atoms with Crippen molar-refractivity contribution in [3.8, 4) is 0 Å². The van der Waals surface area contributed by atoms with Gasteiger partial charge in [0.1, 0.15) is 0 Å². The summed E-state index contributed by atoms with van der Waals surface area (Å²) in [6.45, 7) is 6.83. The first-order valence-corrected chi connectivity index (χ1v) is 7.52. The quantitative estimate of drug-likeness (QED) is 0.821. The second-order valence-corrected chi connectivity index (χ2v) is 6.97. The van der Waals surface area contributed by atoms with Crippen molar-refractivity contribution in [3.63, 3.8) is 0 Å². The Morgan fingerprint density at radius 2 is 2.20 bits per heavy atom. The monoisotopic (exact) mass is 282 g/mol. The van der Waals surface area contributed by atoms with Gasteiger partial charge in [-0.1, -0.05) is 0 Å². The number of carbonyl (C=O) groups excluding carboxylic acids is 2. The third-order valence-corrected chi connectivity index (χ3v) is 4.31. The smallest absolute Gasteiger partial charge is 0.220 e. The molecule has 0 saturated carbocycles. The molecule has 2 rings (SSSR count). The molecular weight excluding hydrogens is 256 g/mol. The van der Waals surface area contributed by atoms with Gasteiger partial charge in [0.15, 0.2) is 0 Å². The first-order chi connectivity index (χ1) is 9.28. The molecule has 2 saturated heterocycles. The molecule has 2 unspecified atom stereocenters. The van der Waals surface area contributed by atoms with Crippen LogP contribution in [0, 0.1) is 0 Å². The van der Waals surface area contributed by atoms with Crippen molar-refractivity contribution in [1.29, 1.82) is 0 Å². The van der Waals surface area contributed by atoms with Crippen LogP contribution in [-0.2, 0) is 14.3 Å². The highest BCUT2D eigenvalue weighted by Crippen LogP contribution is 2.26. The second-order valence-electron chi connectivity index (χ2n) is 6.97. The van der Waals surface area contributed by atoms with E-state index in [1.165, 1.54) is 0 Å². The normalized spacial score (nSPS) is 32.8. The summed E-state index contributed by atoms with van der Waals surface area (Å²) < 4.78 is 5.65. The van der Waals surface area contributed by atoms with E-state index in [0.717, 1.165) is 19.3 Å². The van der Waals surface area contributed by atoms with Crippen molar-refractivity contribution in [1.82, 2.24) is 10.6 Å². The van der Waals surface area contributed by atoms with E-state index in [1.54, 1.807) is 0 Å². The molecule has 0 aliphatic carbocycles. The average molecular weight is 282 g/mol. The molecule has 0 aromatic heterocycles. The van der Waals surface area contributed by atoms with Crippen molar-refractivity contribution in [2.45, 2.75) is 76.5 Å². The minimum Gasteiger partial charge on any atom is -0.375 e. The first kappa shape index (κ1) is 15.3. The van der Waals surface area contributed by atoms with Gasteiger partial charge in [0.25, 0.3) is 0 Å². The van der Waals surface area contributed by atoms with Gasteiger partial charge in [0.2, 0.25) is 11.8 Å². The van der Waals surface area contributed by atoms with Gasteiger partial charge in [-0.25, -0.2) is 0 Å². The predicted molar refractivity (Wildman–Crippen MR) is 76.2 cm³/mol. The van der Waals surface area contributed by atoms with E-state index in [0.29, 0.717) is 25.9 Å². The highest BCUT2D eigenvalue weighted by molar-refractivity contribution is 5.80. The summed E-state index contributed by atoms with van der Waals surface area (Å²) in [6.07, 6.45) is 4.30. The third-order valence-electron chi connectivity index (χ3n) is 4.31. The van der Waals surface area contributed by atoms with Crippen LogP contribution in [0.25, 0.3) is 0 Å². The van der Waals surface area contributed by atoms with Gasteiger partial charge in [-0.2, -0.15) is 0 Å². The molecule has 0 spiro atoms. The van der Waals surface area contributed by atoms with Gasteiger partial charge < -0.3 is 15.4 Å². The fourth-order valence-electron chi connectivity index (χ4n) is 3.08. The van der Waals surface area contributed by atoms with E-state index in [4.69, 9.17) is 4.74 Å². The summed E-state index contributed by atoms with van der Waals surface area (Å²) in [6, 6.07) is 0.206. The van der Waals surface area contributed by atoms with Crippen molar-refractivity contribution >= 4 is 11.8 Å². The van der Waals surface area contributed by atoms with E-state index in [-0.39, 0.29) is 29.0 Å². The van der Waals surface area contributed by atoms with Gasteiger partial charge in [0, 0.05) is 31.0 Å². The molecule has 2 aliphatic rings. The molecular formula is C15H26N2O3. The molecule has 2 atom stereocenters. The Morgan fingerprint density at radius 1 is 1.45 bits per heavy atom. The fourth-order valence-corrected chi connectivity index (χ4v) is 3.08. The molecule has 0 radical (unpaired) electrons. The zero-order valence-electron chi connectivity index (χ0n) is 12.8. The van der Waals surface area contributed by atoms with Crippen LogP contribution in [0.15, 0.2) is 0 Å². The summed E-state index contributed by atoms with van der Waals surface area (Å²) >= 11 is 0. The Kier molecular flexibility index (Phi) is 4.37. The number of nitrogens with one attached hydrogen (secondary N) is 2. The van der Waals surface area contributed by atoms with E-state index in [2.05, 4.69) is 24.5 Å². The van der Waals surface area contributed by atoms with Crippen LogP contribution in [0.5, 0.6) is 0 Å². The minimum atomic E-state index is -0.205. The van der Waals surface area contributed by atoms with Gasteiger partial charge in [-0.3, -0.25) is 9.59 Å². The van der Waals surface area contributed by atoms with Gasteiger partial charge in [-0.05, 0) is 46.5 Å². The van der Waals surface area contributed by atoms with Crippen LogP contribution in [-0.4, -0.2) is 35.6 Å². The fraction of sp³-hybridized carbons (Fsp3) is 0.867. The lowest BCUT2D eigenvalue weighted by Gasteiger charge is -2.36. The largest absolute Gasteiger partial charge is 0.375 e. The summed E-state index contributed by atoms with van der Waals surface area (Å²) in [7, 11) is 0. The molecule has 5 nitrogen and oxygen atoms in total. The van der Waals surface area contributed by atoms with Crippen molar-refractivity contribution in [3.05, 3.63) is 0 Å². The molecule has 2 amide bonds. The summed E-state index contributed by atoms with van der Waals surface area (Å²) in [5.74, 6) is 0.175. The number of rotatable bonds is 4. The zero-order valence-corrected chi connectivity index (χ0v) is 12.8. The van der Waals surface area contributed by atoms with E-state index < -0.39 is 0 Å². The first-order valence-electron chi connectivity index (χ1n) is 7.52. The maximum Gasteiger partial charge on any atom is 0.220 e. The summed E-state index contributed by atoms with van der Waals surface area (Å²) in [4.78, 5) is 23.3. The molecule has 2 fully saturated rings. The van der Waals surface area contributed by atoms with Crippen LogP contribution < -0.4 is 10.6 Å². The number of ether oxygens (including phenoxy) is 1. The second kappa shape index (κ2) is 5.72. The number of amides is 2. The minimum absolute atomic E-state index is 0.0788. The van der Waals surface area contributed by atoms with Crippen LogP contribution in [0.4, 0.5) is 0 Å². The molecule has 0 bridgehead atoms. The van der Waals surface area contributed by atoms with Gasteiger partial charge in [0.05, 0.1) is 5.60 Å². The molecule has 2 heterocycles. The number of hydrogen-bond acceptors (Lipinski definition) is 3. The lowest BCUT2D eigenvalue weighted by molar-refractivity contribution is -0.125. The number of hydrogen-bond donors (Lipinski definition) is 2. The maximum atomic E-state index is 12.0. The van der Waals surface area contributed by atoms with Crippen LogP contribution >= 0.6 is 0 Å². The predicted octanol–water partition coefficient (Wildman–Crippen LogP) is 1.51. The van der Waals surface area contributed by atoms with Crippen LogP contribution in [0.3, 0.4) is 0 Å². The highest BCUT2D eigenvalue weighted by Gasteiger charge is 2.34. The summed E-state index contributed by atoms with van der Waals surface area (Å²) in [5, 5.41) is 6.06. The van der Waals surface area contributed by atoms with Crippen molar-refractivity contribution in [2.24, 2.45) is 0 Å². The Morgan fingerprint density at radius 3 is 2.80 bits per heavy atom. The van der Waals surface area contributed by atoms with Crippen molar-refractivity contribution in [2.75, 3.05) is 6.61 Å². The molecule has 114 valence electrons. The Labute approximate surface area is 120 Å². The Hall–Kier alpha value is -1.10. The van der Waals surface area contributed by atoms with Crippen LogP contribution in [0.2, 0.25) is 0 Å². The Balaban J connectivity index is 1.74. The van der Waals surface area contributed by atoms with Crippen LogP contribution in [0.1, 0.15) is 59.3 Å². The molecule has 2 aliphatic heterocycles. The van der Waals surface area contributed by atoms with E-state index >= 15 is 0 Å². The lowest BCUT2D eigenvalue weighted by Crippen LogP contribution is -2.46. The van der Waals surface area contributed by atoms with E-state index in [1.807, 2.05) is 6.92 Å². The molecule has 20 heavy (non-hydrogen) atoms. The van der Waals surface area contributed by atoms with Gasteiger partial charge in [-0.15, -0.1) is 0 Å². The highest BCUT2D eigenvalue weighted by atomic mass is 16.5. The molecule has 5 heteroatoms. The SMILES string of the molecule is CC1(CCC(=O)NC2CCOC(C)(C)C2)CCC(=O)N1. The average Bonchev–Trinajstić information content (AvgIpc) is 2.66. The maximum absolute atomic E-state index is 12.0. The number of carbonyl (C=O) groups is 2. The molecule has 0 aromatic rings. The van der Waals surface area contributed by atoms with E-state index in [9.17, 15) is 9.59 Å².